The predicted molar refractivity (Wildman–Crippen MR) is 71.3 cm³/mol. The number of benzene rings is 1. The van der Waals surface area contributed by atoms with Gasteiger partial charge in [-0.25, -0.2) is 0 Å². The van der Waals surface area contributed by atoms with E-state index in [1.165, 1.54) is 29.5 Å². The fraction of sp³-hybridized carbons (Fsp3) is 0.600. The second kappa shape index (κ2) is 5.65. The Balaban J connectivity index is 2.02. The molecule has 1 fully saturated rings. The Morgan fingerprint density at radius 1 is 1.35 bits per heavy atom. The summed E-state index contributed by atoms with van der Waals surface area (Å²) in [5, 5.41) is 3.68. The highest BCUT2D eigenvalue weighted by molar-refractivity contribution is 5.32. The first-order chi connectivity index (χ1) is 8.16. The quantitative estimate of drug-likeness (QED) is 0.866. The second-order valence-corrected chi connectivity index (χ2v) is 5.16. The molecule has 0 amide bonds. The third kappa shape index (κ3) is 3.30. The molecular formula is C15H23NO. The molecule has 2 heteroatoms. The lowest BCUT2D eigenvalue weighted by Gasteiger charge is -2.27. The van der Waals surface area contributed by atoms with Gasteiger partial charge in [-0.05, 0) is 44.7 Å². The minimum absolute atomic E-state index is 0.404. The minimum atomic E-state index is 0.404. The van der Waals surface area contributed by atoms with Gasteiger partial charge in [0.2, 0.25) is 0 Å². The van der Waals surface area contributed by atoms with E-state index in [1.807, 2.05) is 0 Å². The molecule has 0 aromatic heterocycles. The van der Waals surface area contributed by atoms with Gasteiger partial charge in [-0.3, -0.25) is 0 Å². The van der Waals surface area contributed by atoms with Gasteiger partial charge in [-0.1, -0.05) is 23.8 Å². The molecular weight excluding hydrogens is 210 g/mol. The smallest absolute Gasteiger partial charge is 0.0619 e. The van der Waals surface area contributed by atoms with Gasteiger partial charge in [0.1, 0.15) is 0 Å². The molecule has 1 saturated heterocycles. The third-order valence-electron chi connectivity index (χ3n) is 3.55. The van der Waals surface area contributed by atoms with Crippen LogP contribution in [0.4, 0.5) is 0 Å². The number of ether oxygens (including phenoxy) is 1. The van der Waals surface area contributed by atoms with Crippen molar-refractivity contribution in [2.24, 2.45) is 0 Å². The van der Waals surface area contributed by atoms with E-state index >= 15 is 0 Å². The highest BCUT2D eigenvalue weighted by Gasteiger charge is 2.17. The monoisotopic (exact) mass is 233 g/mol. The Hall–Kier alpha value is -0.860. The molecule has 2 atom stereocenters. The van der Waals surface area contributed by atoms with Crippen LogP contribution in [-0.2, 0) is 4.74 Å². The Morgan fingerprint density at radius 3 is 2.88 bits per heavy atom. The lowest BCUT2D eigenvalue weighted by molar-refractivity contribution is 0.0670. The molecule has 17 heavy (non-hydrogen) atoms. The summed E-state index contributed by atoms with van der Waals surface area (Å²) in [5.74, 6) is 0. The van der Waals surface area contributed by atoms with E-state index in [0.717, 1.165) is 13.2 Å². The molecule has 2 unspecified atom stereocenters. The summed E-state index contributed by atoms with van der Waals surface area (Å²) in [4.78, 5) is 0. The average Bonchev–Trinajstić information content (AvgIpc) is 2.33. The standard InChI is InChI=1S/C15H23NO/c1-11-6-7-12(2)15(9-11)13(3)16-14-5-4-8-17-10-14/h6-7,9,13-14,16H,4-5,8,10H2,1-3H3. The average molecular weight is 233 g/mol. The molecule has 0 saturated carbocycles. The minimum Gasteiger partial charge on any atom is -0.380 e. The van der Waals surface area contributed by atoms with Gasteiger partial charge in [0.05, 0.1) is 6.61 Å². The van der Waals surface area contributed by atoms with Crippen molar-refractivity contribution in [2.75, 3.05) is 13.2 Å². The largest absolute Gasteiger partial charge is 0.380 e. The van der Waals surface area contributed by atoms with Crippen LogP contribution < -0.4 is 5.32 Å². The van der Waals surface area contributed by atoms with E-state index in [1.54, 1.807) is 0 Å². The zero-order valence-corrected chi connectivity index (χ0v) is 11.1. The van der Waals surface area contributed by atoms with E-state index in [0.29, 0.717) is 12.1 Å². The van der Waals surface area contributed by atoms with Crippen LogP contribution in [0.5, 0.6) is 0 Å². The van der Waals surface area contributed by atoms with Crippen molar-refractivity contribution in [3.05, 3.63) is 34.9 Å². The van der Waals surface area contributed by atoms with Crippen molar-refractivity contribution >= 4 is 0 Å². The number of hydrogen-bond donors (Lipinski definition) is 1. The van der Waals surface area contributed by atoms with Crippen molar-refractivity contribution in [1.29, 1.82) is 0 Å². The predicted octanol–water partition coefficient (Wildman–Crippen LogP) is 3.13. The van der Waals surface area contributed by atoms with Crippen molar-refractivity contribution < 1.29 is 4.74 Å². The van der Waals surface area contributed by atoms with Gasteiger partial charge in [-0.15, -0.1) is 0 Å². The Bertz CT molecular complexity index is 369. The van der Waals surface area contributed by atoms with E-state index in [2.05, 4.69) is 44.3 Å². The maximum Gasteiger partial charge on any atom is 0.0619 e. The van der Waals surface area contributed by atoms with E-state index in [4.69, 9.17) is 4.74 Å². The van der Waals surface area contributed by atoms with Gasteiger partial charge < -0.3 is 10.1 Å². The van der Waals surface area contributed by atoms with Crippen LogP contribution in [0.3, 0.4) is 0 Å². The second-order valence-electron chi connectivity index (χ2n) is 5.16. The Labute approximate surface area is 104 Å². The van der Waals surface area contributed by atoms with Crippen LogP contribution in [0, 0.1) is 13.8 Å². The highest BCUT2D eigenvalue weighted by atomic mass is 16.5. The zero-order chi connectivity index (χ0) is 12.3. The summed E-state index contributed by atoms with van der Waals surface area (Å²) in [7, 11) is 0. The fourth-order valence-corrected chi connectivity index (χ4v) is 2.54. The zero-order valence-electron chi connectivity index (χ0n) is 11.1. The fourth-order valence-electron chi connectivity index (χ4n) is 2.54. The van der Waals surface area contributed by atoms with Crippen LogP contribution >= 0.6 is 0 Å². The first-order valence-corrected chi connectivity index (χ1v) is 6.58. The summed E-state index contributed by atoms with van der Waals surface area (Å²) in [5.41, 5.74) is 4.11. The highest BCUT2D eigenvalue weighted by Crippen LogP contribution is 2.20. The van der Waals surface area contributed by atoms with E-state index < -0.39 is 0 Å². The van der Waals surface area contributed by atoms with Crippen LogP contribution in [0.2, 0.25) is 0 Å². The number of hydrogen-bond acceptors (Lipinski definition) is 2. The number of aryl methyl sites for hydroxylation is 2. The first-order valence-electron chi connectivity index (χ1n) is 6.58. The van der Waals surface area contributed by atoms with Crippen LogP contribution in [0.1, 0.15) is 42.5 Å². The molecule has 2 nitrogen and oxygen atoms in total. The van der Waals surface area contributed by atoms with Crippen LogP contribution in [0.15, 0.2) is 18.2 Å². The maximum atomic E-state index is 5.51. The summed E-state index contributed by atoms with van der Waals surface area (Å²) >= 11 is 0. The molecule has 94 valence electrons. The molecule has 1 N–H and O–H groups in total. The molecule has 1 heterocycles. The first kappa shape index (κ1) is 12.6. The van der Waals surface area contributed by atoms with Gasteiger partial charge >= 0.3 is 0 Å². The molecule has 1 aromatic carbocycles. The lowest BCUT2D eigenvalue weighted by Crippen LogP contribution is -2.38. The van der Waals surface area contributed by atoms with Crippen molar-refractivity contribution in [2.45, 2.75) is 45.7 Å². The van der Waals surface area contributed by atoms with Gasteiger partial charge in [-0.2, -0.15) is 0 Å². The maximum absolute atomic E-state index is 5.51. The van der Waals surface area contributed by atoms with Gasteiger partial charge in [0.15, 0.2) is 0 Å². The molecule has 0 spiro atoms. The number of nitrogens with one attached hydrogen (secondary N) is 1. The van der Waals surface area contributed by atoms with Crippen molar-refractivity contribution in [1.82, 2.24) is 5.32 Å². The molecule has 0 radical (unpaired) electrons. The number of rotatable bonds is 3. The van der Waals surface area contributed by atoms with E-state index in [-0.39, 0.29) is 0 Å². The Kier molecular flexibility index (Phi) is 4.19. The molecule has 0 bridgehead atoms. The summed E-state index contributed by atoms with van der Waals surface area (Å²) in [6.07, 6.45) is 2.41. The lowest BCUT2D eigenvalue weighted by atomic mass is 9.98. The van der Waals surface area contributed by atoms with Gasteiger partial charge in [0.25, 0.3) is 0 Å². The summed E-state index contributed by atoms with van der Waals surface area (Å²) in [6, 6.07) is 7.59. The third-order valence-corrected chi connectivity index (χ3v) is 3.55. The molecule has 1 aliphatic heterocycles. The van der Waals surface area contributed by atoms with Crippen molar-refractivity contribution in [3.8, 4) is 0 Å². The SMILES string of the molecule is Cc1ccc(C)c(C(C)NC2CCCOC2)c1. The Morgan fingerprint density at radius 2 is 2.18 bits per heavy atom. The normalized spacial score (nSPS) is 22.4. The topological polar surface area (TPSA) is 21.3 Å². The van der Waals surface area contributed by atoms with Crippen LogP contribution in [-0.4, -0.2) is 19.3 Å². The summed E-state index contributed by atoms with van der Waals surface area (Å²) < 4.78 is 5.51. The molecule has 2 rings (SSSR count). The summed E-state index contributed by atoms with van der Waals surface area (Å²) in [6.45, 7) is 8.37. The van der Waals surface area contributed by atoms with Crippen molar-refractivity contribution in [3.63, 3.8) is 0 Å². The molecule has 0 aliphatic carbocycles. The molecule has 1 aromatic rings. The van der Waals surface area contributed by atoms with E-state index in [9.17, 15) is 0 Å². The van der Waals surface area contributed by atoms with Crippen LogP contribution in [0.25, 0.3) is 0 Å². The van der Waals surface area contributed by atoms with Gasteiger partial charge in [0, 0.05) is 18.7 Å². The molecule has 1 aliphatic rings.